The van der Waals surface area contributed by atoms with Crippen molar-refractivity contribution in [3.05, 3.63) is 35.2 Å². The second-order valence-corrected chi connectivity index (χ2v) is 6.20. The van der Waals surface area contributed by atoms with Crippen molar-refractivity contribution in [3.8, 4) is 23.1 Å². The number of hydrogen-bond donors (Lipinski definition) is 1. The molecule has 0 bridgehead atoms. The third kappa shape index (κ3) is 4.41. The summed E-state index contributed by atoms with van der Waals surface area (Å²) in [7, 11) is 0. The van der Waals surface area contributed by atoms with Crippen molar-refractivity contribution in [2.75, 3.05) is 11.5 Å². The summed E-state index contributed by atoms with van der Waals surface area (Å²) in [6.07, 6.45) is 0.717. The predicted molar refractivity (Wildman–Crippen MR) is 86.6 cm³/mol. The highest BCUT2D eigenvalue weighted by Crippen LogP contribution is 2.23. The lowest BCUT2D eigenvalue weighted by Gasteiger charge is -1.96. The zero-order valence-corrected chi connectivity index (χ0v) is 12.7. The lowest BCUT2D eigenvalue weighted by Crippen LogP contribution is -1.84. The van der Waals surface area contributed by atoms with Crippen molar-refractivity contribution in [3.63, 3.8) is 0 Å². The largest absolute Gasteiger partial charge is 0.375 e. The molecule has 20 heavy (non-hydrogen) atoms. The maximum atomic E-state index is 10.8. The molecule has 1 aromatic carbocycles. The Labute approximate surface area is 126 Å². The first-order valence-electron chi connectivity index (χ1n) is 6.09. The molecular formula is C15H14N2OS2. The number of carbonyl (C=O) groups excluding carboxylic acids is 1. The SMILES string of the molecule is CC(=O)SCCC#Cc1ccc(-c2csc(N)n2)cc1. The fourth-order valence-electron chi connectivity index (χ4n) is 1.55. The van der Waals surface area contributed by atoms with Gasteiger partial charge in [0, 0.05) is 35.6 Å². The van der Waals surface area contributed by atoms with E-state index in [2.05, 4.69) is 16.8 Å². The molecule has 2 aromatic rings. The van der Waals surface area contributed by atoms with Gasteiger partial charge in [-0.2, -0.15) is 0 Å². The normalized spacial score (nSPS) is 9.85. The van der Waals surface area contributed by atoms with E-state index in [9.17, 15) is 4.79 Å². The highest BCUT2D eigenvalue weighted by Gasteiger charge is 2.01. The third-order valence-electron chi connectivity index (χ3n) is 2.47. The molecule has 0 saturated heterocycles. The van der Waals surface area contributed by atoms with Crippen molar-refractivity contribution in [1.29, 1.82) is 0 Å². The standard InChI is InChI=1S/C15H14N2OS2/c1-11(18)19-9-3-2-4-12-5-7-13(8-6-12)14-10-20-15(16)17-14/h5-8,10H,3,9H2,1H3,(H2,16,17). The monoisotopic (exact) mass is 302 g/mol. The van der Waals surface area contributed by atoms with Crippen LogP contribution in [0.5, 0.6) is 0 Å². The predicted octanol–water partition coefficient (Wildman–Crippen LogP) is 3.41. The van der Waals surface area contributed by atoms with Gasteiger partial charge >= 0.3 is 0 Å². The smallest absolute Gasteiger partial charge is 0.185 e. The molecule has 0 radical (unpaired) electrons. The van der Waals surface area contributed by atoms with Gasteiger partial charge in [-0.25, -0.2) is 4.98 Å². The van der Waals surface area contributed by atoms with Gasteiger partial charge in [-0.05, 0) is 12.1 Å². The van der Waals surface area contributed by atoms with E-state index in [1.54, 1.807) is 6.92 Å². The molecule has 1 aromatic heterocycles. The van der Waals surface area contributed by atoms with E-state index in [0.717, 1.165) is 22.6 Å². The van der Waals surface area contributed by atoms with Crippen LogP contribution in [0.4, 0.5) is 5.13 Å². The number of benzene rings is 1. The highest BCUT2D eigenvalue weighted by atomic mass is 32.2. The lowest BCUT2D eigenvalue weighted by atomic mass is 10.1. The minimum atomic E-state index is 0.138. The van der Waals surface area contributed by atoms with Gasteiger partial charge in [0.1, 0.15) is 0 Å². The molecule has 5 heteroatoms. The number of anilines is 1. The Kier molecular flexibility index (Phi) is 5.22. The number of nitrogens with zero attached hydrogens (tertiary/aromatic N) is 1. The van der Waals surface area contributed by atoms with Gasteiger partial charge in [0.15, 0.2) is 10.2 Å². The van der Waals surface area contributed by atoms with Crippen LogP contribution in [0.25, 0.3) is 11.3 Å². The summed E-state index contributed by atoms with van der Waals surface area (Å²) in [4.78, 5) is 15.0. The molecule has 0 atom stereocenters. The van der Waals surface area contributed by atoms with Crippen LogP contribution in [-0.2, 0) is 4.79 Å². The minimum Gasteiger partial charge on any atom is -0.375 e. The van der Waals surface area contributed by atoms with Crippen LogP contribution in [0, 0.1) is 11.8 Å². The summed E-state index contributed by atoms with van der Waals surface area (Å²) in [6, 6.07) is 7.91. The number of thioether (sulfide) groups is 1. The molecule has 0 spiro atoms. The number of rotatable bonds is 3. The number of nitrogens with two attached hydrogens (primary N) is 1. The molecule has 2 rings (SSSR count). The van der Waals surface area contributed by atoms with Crippen LogP contribution in [-0.4, -0.2) is 15.9 Å². The van der Waals surface area contributed by atoms with Crippen LogP contribution >= 0.6 is 23.1 Å². The Morgan fingerprint density at radius 3 is 2.75 bits per heavy atom. The summed E-state index contributed by atoms with van der Waals surface area (Å²) in [5.41, 5.74) is 8.51. The molecule has 0 aliphatic carbocycles. The first-order valence-corrected chi connectivity index (χ1v) is 7.95. The van der Waals surface area contributed by atoms with Gasteiger partial charge < -0.3 is 5.73 Å². The van der Waals surface area contributed by atoms with E-state index in [4.69, 9.17) is 5.73 Å². The quantitative estimate of drug-likeness (QED) is 0.697. The first kappa shape index (κ1) is 14.6. The molecule has 1 heterocycles. The molecule has 0 aliphatic heterocycles. The van der Waals surface area contributed by atoms with E-state index in [1.165, 1.54) is 23.1 Å². The van der Waals surface area contributed by atoms with Gasteiger partial charge in [0.05, 0.1) is 5.69 Å². The van der Waals surface area contributed by atoms with Gasteiger partial charge in [-0.1, -0.05) is 35.7 Å². The number of hydrogen-bond acceptors (Lipinski definition) is 5. The Hall–Kier alpha value is -1.77. The Bertz CT molecular complexity index is 651. The maximum absolute atomic E-state index is 10.8. The van der Waals surface area contributed by atoms with Crippen molar-refractivity contribution >= 4 is 33.3 Å². The Balaban J connectivity index is 1.95. The summed E-state index contributed by atoms with van der Waals surface area (Å²) in [5, 5.41) is 2.65. The number of nitrogen functional groups attached to an aromatic ring is 1. The van der Waals surface area contributed by atoms with Crippen LogP contribution in [0.1, 0.15) is 18.9 Å². The molecule has 0 saturated carbocycles. The number of aromatic nitrogens is 1. The molecule has 102 valence electrons. The van der Waals surface area contributed by atoms with E-state index < -0.39 is 0 Å². The fourth-order valence-corrected chi connectivity index (χ4v) is 2.62. The molecule has 0 amide bonds. The van der Waals surface area contributed by atoms with E-state index in [1.807, 2.05) is 29.6 Å². The van der Waals surface area contributed by atoms with Gasteiger partial charge in [0.2, 0.25) is 0 Å². The van der Waals surface area contributed by atoms with Crippen LogP contribution in [0.3, 0.4) is 0 Å². The topological polar surface area (TPSA) is 56.0 Å². The van der Waals surface area contributed by atoms with Crippen molar-refractivity contribution in [2.45, 2.75) is 13.3 Å². The molecule has 0 fully saturated rings. The molecule has 2 N–H and O–H groups in total. The van der Waals surface area contributed by atoms with E-state index >= 15 is 0 Å². The molecular weight excluding hydrogens is 288 g/mol. The van der Waals surface area contributed by atoms with Crippen molar-refractivity contribution in [2.24, 2.45) is 0 Å². The van der Waals surface area contributed by atoms with E-state index in [-0.39, 0.29) is 5.12 Å². The zero-order chi connectivity index (χ0) is 14.4. The zero-order valence-electron chi connectivity index (χ0n) is 11.1. The Morgan fingerprint density at radius 2 is 2.15 bits per heavy atom. The summed E-state index contributed by atoms with van der Waals surface area (Å²) in [5.74, 6) is 6.90. The average molecular weight is 302 g/mol. The van der Waals surface area contributed by atoms with Crippen molar-refractivity contribution in [1.82, 2.24) is 4.98 Å². The Morgan fingerprint density at radius 1 is 1.40 bits per heavy atom. The first-order chi connectivity index (χ1) is 9.65. The summed E-state index contributed by atoms with van der Waals surface area (Å²) >= 11 is 2.74. The van der Waals surface area contributed by atoms with Crippen LogP contribution < -0.4 is 5.73 Å². The lowest BCUT2D eigenvalue weighted by molar-refractivity contribution is -0.109. The van der Waals surface area contributed by atoms with Crippen LogP contribution in [0.15, 0.2) is 29.6 Å². The third-order valence-corrected chi connectivity index (χ3v) is 3.96. The average Bonchev–Trinajstić information content (AvgIpc) is 2.85. The maximum Gasteiger partial charge on any atom is 0.185 e. The molecule has 3 nitrogen and oxygen atoms in total. The van der Waals surface area contributed by atoms with Crippen molar-refractivity contribution < 1.29 is 4.79 Å². The number of carbonyl (C=O) groups is 1. The van der Waals surface area contributed by atoms with Gasteiger partial charge in [-0.3, -0.25) is 4.79 Å². The molecule has 0 unspecified atom stereocenters. The van der Waals surface area contributed by atoms with Gasteiger partial charge in [-0.15, -0.1) is 11.3 Å². The fraction of sp³-hybridized carbons (Fsp3) is 0.200. The summed E-state index contributed by atoms with van der Waals surface area (Å²) < 4.78 is 0. The summed E-state index contributed by atoms with van der Waals surface area (Å²) in [6.45, 7) is 1.57. The van der Waals surface area contributed by atoms with E-state index in [0.29, 0.717) is 11.6 Å². The second-order valence-electron chi connectivity index (χ2n) is 4.04. The molecule has 0 aliphatic rings. The minimum absolute atomic E-state index is 0.138. The highest BCUT2D eigenvalue weighted by molar-refractivity contribution is 8.13. The van der Waals surface area contributed by atoms with Gasteiger partial charge in [0.25, 0.3) is 0 Å². The number of thiazole rings is 1. The second kappa shape index (κ2) is 7.13. The van der Waals surface area contributed by atoms with Crippen LogP contribution in [0.2, 0.25) is 0 Å².